The van der Waals surface area contributed by atoms with Crippen molar-refractivity contribution in [1.29, 1.82) is 0 Å². The lowest BCUT2D eigenvalue weighted by Crippen LogP contribution is -2.22. The molecule has 0 spiro atoms. The Morgan fingerprint density at radius 1 is 1.17 bits per heavy atom. The Hall–Kier alpha value is -3.59. The zero-order valence-corrected chi connectivity index (χ0v) is 16.9. The average Bonchev–Trinajstić information content (AvgIpc) is 3.50. The van der Waals surface area contributed by atoms with Gasteiger partial charge in [0, 0.05) is 6.54 Å². The Bertz CT molecular complexity index is 1220. The molecule has 1 aliphatic heterocycles. The number of carbonyl (C=O) groups excluding carboxylic acids is 1. The van der Waals surface area contributed by atoms with E-state index >= 15 is 0 Å². The van der Waals surface area contributed by atoms with Crippen LogP contribution in [0.4, 0.5) is 5.82 Å². The number of hydrogen-bond donors (Lipinski definition) is 2. The molecule has 4 heterocycles. The predicted octanol–water partition coefficient (Wildman–Crippen LogP) is 3.86. The second-order valence-corrected chi connectivity index (χ2v) is 7.76. The highest BCUT2D eigenvalue weighted by atomic mass is 32.1. The minimum absolute atomic E-state index is 0.159. The van der Waals surface area contributed by atoms with Gasteiger partial charge in [0.05, 0.1) is 23.1 Å². The Labute approximate surface area is 175 Å². The largest absolute Gasteiger partial charge is 0.467 e. The Kier molecular flexibility index (Phi) is 4.72. The highest BCUT2D eigenvalue weighted by Crippen LogP contribution is 2.35. The van der Waals surface area contributed by atoms with Crippen LogP contribution in [-0.4, -0.2) is 22.7 Å². The topological polar surface area (TPSA) is 98.5 Å². The molecule has 4 aromatic rings. The first-order valence-corrected chi connectivity index (χ1v) is 10.2. The fourth-order valence-electron chi connectivity index (χ4n) is 3.32. The molecular weight excluding hydrogens is 404 g/mol. The van der Waals surface area contributed by atoms with Crippen molar-refractivity contribution in [2.24, 2.45) is 0 Å². The van der Waals surface area contributed by atoms with Gasteiger partial charge in [0.1, 0.15) is 22.7 Å². The third-order valence-electron chi connectivity index (χ3n) is 4.83. The minimum Gasteiger partial charge on any atom is -0.467 e. The number of hydrogen-bond acceptors (Lipinski definition) is 8. The van der Waals surface area contributed by atoms with Gasteiger partial charge in [-0.25, -0.2) is 9.97 Å². The van der Waals surface area contributed by atoms with Crippen molar-refractivity contribution in [3.8, 4) is 11.5 Å². The van der Waals surface area contributed by atoms with Gasteiger partial charge in [-0.3, -0.25) is 4.79 Å². The molecule has 0 bridgehead atoms. The molecule has 0 radical (unpaired) electrons. The van der Waals surface area contributed by atoms with E-state index in [1.807, 2.05) is 31.2 Å². The maximum Gasteiger partial charge on any atom is 0.262 e. The Morgan fingerprint density at radius 3 is 2.93 bits per heavy atom. The first-order chi connectivity index (χ1) is 14.7. The molecule has 0 saturated carbocycles. The number of nitrogens with one attached hydrogen (secondary N) is 2. The number of benzene rings is 1. The van der Waals surface area contributed by atoms with E-state index in [1.54, 1.807) is 12.3 Å². The summed E-state index contributed by atoms with van der Waals surface area (Å²) >= 11 is 1.35. The summed E-state index contributed by atoms with van der Waals surface area (Å²) in [4.78, 5) is 22.8. The lowest BCUT2D eigenvalue weighted by atomic mass is 10.1. The van der Waals surface area contributed by atoms with E-state index in [-0.39, 0.29) is 12.7 Å². The predicted molar refractivity (Wildman–Crippen MR) is 112 cm³/mol. The van der Waals surface area contributed by atoms with Gasteiger partial charge >= 0.3 is 0 Å². The van der Waals surface area contributed by atoms with Gasteiger partial charge in [-0.1, -0.05) is 6.07 Å². The van der Waals surface area contributed by atoms with Gasteiger partial charge in [0.2, 0.25) is 6.79 Å². The smallest absolute Gasteiger partial charge is 0.262 e. The van der Waals surface area contributed by atoms with E-state index in [0.717, 1.165) is 32.8 Å². The van der Waals surface area contributed by atoms with E-state index in [4.69, 9.17) is 13.9 Å². The lowest BCUT2D eigenvalue weighted by molar-refractivity contribution is 0.0951. The van der Waals surface area contributed by atoms with Gasteiger partial charge in [0.25, 0.3) is 5.91 Å². The van der Waals surface area contributed by atoms with Crippen LogP contribution in [0.2, 0.25) is 0 Å². The van der Waals surface area contributed by atoms with Crippen molar-refractivity contribution in [3.63, 3.8) is 0 Å². The number of nitrogens with zero attached hydrogens (tertiary/aromatic N) is 2. The van der Waals surface area contributed by atoms with Crippen LogP contribution in [0.5, 0.6) is 11.5 Å². The van der Waals surface area contributed by atoms with Crippen LogP contribution >= 0.6 is 11.3 Å². The van der Waals surface area contributed by atoms with Gasteiger partial charge < -0.3 is 24.5 Å². The van der Waals surface area contributed by atoms with Crippen molar-refractivity contribution in [1.82, 2.24) is 15.3 Å². The number of anilines is 1. The molecule has 3 aromatic heterocycles. The van der Waals surface area contributed by atoms with Gasteiger partial charge in [-0.2, -0.15) is 0 Å². The number of amides is 1. The number of aromatic nitrogens is 2. The molecule has 30 heavy (non-hydrogen) atoms. The highest BCUT2D eigenvalue weighted by molar-refractivity contribution is 7.20. The van der Waals surface area contributed by atoms with Gasteiger partial charge in [-0.05, 0) is 42.3 Å². The zero-order chi connectivity index (χ0) is 20.5. The minimum atomic E-state index is -0.159. The molecule has 5 rings (SSSR count). The molecule has 8 nitrogen and oxygen atoms in total. The normalized spacial score (nSPS) is 12.3. The summed E-state index contributed by atoms with van der Waals surface area (Å²) in [5.41, 5.74) is 1.89. The van der Waals surface area contributed by atoms with Crippen molar-refractivity contribution >= 4 is 33.3 Å². The molecule has 1 aliphatic rings. The molecule has 2 N–H and O–H groups in total. The van der Waals surface area contributed by atoms with Crippen molar-refractivity contribution in [2.75, 3.05) is 12.1 Å². The first kappa shape index (κ1) is 18.4. The summed E-state index contributed by atoms with van der Waals surface area (Å²) in [5.74, 6) is 2.73. The number of fused-ring (bicyclic) bond motifs is 2. The molecule has 9 heteroatoms. The number of rotatable bonds is 6. The van der Waals surface area contributed by atoms with E-state index in [0.29, 0.717) is 29.5 Å². The maximum atomic E-state index is 12.7. The van der Waals surface area contributed by atoms with E-state index in [1.165, 1.54) is 17.7 Å². The zero-order valence-electron chi connectivity index (χ0n) is 16.1. The first-order valence-electron chi connectivity index (χ1n) is 9.36. The number of aryl methyl sites for hydroxylation is 1. The summed E-state index contributed by atoms with van der Waals surface area (Å²) in [6.07, 6.45) is 3.09. The monoisotopic (exact) mass is 422 g/mol. The highest BCUT2D eigenvalue weighted by Gasteiger charge is 2.20. The molecule has 0 aliphatic carbocycles. The summed E-state index contributed by atoms with van der Waals surface area (Å²) < 4.78 is 16.1. The Balaban J connectivity index is 1.36. The molecular formula is C21H18N4O4S. The van der Waals surface area contributed by atoms with E-state index in [9.17, 15) is 4.79 Å². The second-order valence-electron chi connectivity index (χ2n) is 6.76. The van der Waals surface area contributed by atoms with Crippen LogP contribution in [-0.2, 0) is 13.1 Å². The van der Waals surface area contributed by atoms with Crippen LogP contribution in [0, 0.1) is 6.92 Å². The lowest BCUT2D eigenvalue weighted by Gasteiger charge is -2.08. The number of furan rings is 1. The summed E-state index contributed by atoms with van der Waals surface area (Å²) in [5, 5.41) is 7.10. The number of carbonyl (C=O) groups is 1. The third-order valence-corrected chi connectivity index (χ3v) is 6.03. The van der Waals surface area contributed by atoms with Gasteiger partial charge in [0.15, 0.2) is 11.5 Å². The fourth-order valence-corrected chi connectivity index (χ4v) is 4.38. The fraction of sp³-hybridized carbons (Fsp3) is 0.190. The van der Waals surface area contributed by atoms with Crippen LogP contribution in [0.25, 0.3) is 10.2 Å². The average molecular weight is 422 g/mol. The standard InChI is InChI=1S/C21H18N4O4S/c1-12-17-19(22-8-13-4-5-15-16(7-13)29-11-28-15)24-10-25-21(17)30-18(12)20(26)23-9-14-3-2-6-27-14/h2-7,10H,8-9,11H2,1H3,(H,23,26)(H,22,24,25). The molecule has 152 valence electrons. The van der Waals surface area contributed by atoms with Crippen LogP contribution in [0.1, 0.15) is 26.6 Å². The van der Waals surface area contributed by atoms with E-state index < -0.39 is 0 Å². The quantitative estimate of drug-likeness (QED) is 0.487. The van der Waals surface area contributed by atoms with Crippen molar-refractivity contribution in [3.05, 3.63) is 64.7 Å². The molecule has 0 unspecified atom stereocenters. The summed E-state index contributed by atoms with van der Waals surface area (Å²) in [6, 6.07) is 9.43. The van der Waals surface area contributed by atoms with E-state index in [2.05, 4.69) is 20.6 Å². The maximum absolute atomic E-state index is 12.7. The molecule has 0 saturated heterocycles. The third kappa shape index (κ3) is 3.43. The number of ether oxygens (including phenoxy) is 2. The molecule has 1 amide bonds. The molecule has 1 aromatic carbocycles. The van der Waals surface area contributed by atoms with Crippen LogP contribution in [0.15, 0.2) is 47.3 Å². The van der Waals surface area contributed by atoms with Crippen molar-refractivity contribution < 1.29 is 18.7 Å². The summed E-state index contributed by atoms with van der Waals surface area (Å²) in [6.45, 7) is 3.05. The molecule has 0 atom stereocenters. The second kappa shape index (κ2) is 7.68. The number of thiophene rings is 1. The van der Waals surface area contributed by atoms with Gasteiger partial charge in [-0.15, -0.1) is 11.3 Å². The van der Waals surface area contributed by atoms with Crippen LogP contribution in [0.3, 0.4) is 0 Å². The Morgan fingerprint density at radius 2 is 2.07 bits per heavy atom. The SMILES string of the molecule is Cc1c(C(=O)NCc2ccco2)sc2ncnc(NCc3ccc4c(c3)OCO4)c12. The summed E-state index contributed by atoms with van der Waals surface area (Å²) in [7, 11) is 0. The van der Waals surface area contributed by atoms with Crippen LogP contribution < -0.4 is 20.1 Å². The molecule has 0 fully saturated rings. The van der Waals surface area contributed by atoms with Crippen molar-refractivity contribution in [2.45, 2.75) is 20.0 Å².